The second-order valence-corrected chi connectivity index (χ2v) is 4.14. The lowest BCUT2D eigenvalue weighted by Crippen LogP contribution is -2.05. The summed E-state index contributed by atoms with van der Waals surface area (Å²) in [6, 6.07) is 5.72. The second kappa shape index (κ2) is 7.30. The van der Waals surface area contributed by atoms with E-state index in [2.05, 4.69) is 6.92 Å². The average molecular weight is 238 g/mol. The van der Waals surface area contributed by atoms with Crippen molar-refractivity contribution in [2.24, 2.45) is 0 Å². The first-order chi connectivity index (χ1) is 8.19. The molecular formula is C14H22O3. The van der Waals surface area contributed by atoms with Gasteiger partial charge in [-0.05, 0) is 36.6 Å². The summed E-state index contributed by atoms with van der Waals surface area (Å²) in [5.41, 5.74) is 2.00. The van der Waals surface area contributed by atoms with Crippen molar-refractivity contribution in [1.29, 1.82) is 0 Å². The molecular weight excluding hydrogens is 216 g/mol. The van der Waals surface area contributed by atoms with Gasteiger partial charge in [0.1, 0.15) is 5.75 Å². The van der Waals surface area contributed by atoms with Crippen molar-refractivity contribution in [1.82, 2.24) is 0 Å². The lowest BCUT2D eigenvalue weighted by molar-refractivity contribution is 0.0819. The summed E-state index contributed by atoms with van der Waals surface area (Å²) in [6.07, 6.45) is 1.18. The standard InChI is InChI=1S/C14H22O3/c1-4-8-17-9-7-14(15)13-6-5-12(16-3)10-11(13)2/h5-6,10,14-15H,4,7-9H2,1-3H3. The van der Waals surface area contributed by atoms with Crippen molar-refractivity contribution in [3.63, 3.8) is 0 Å². The molecule has 0 amide bonds. The van der Waals surface area contributed by atoms with E-state index in [0.29, 0.717) is 13.0 Å². The fourth-order valence-electron chi connectivity index (χ4n) is 1.75. The number of benzene rings is 1. The van der Waals surface area contributed by atoms with Gasteiger partial charge in [-0.1, -0.05) is 13.0 Å². The van der Waals surface area contributed by atoms with Crippen molar-refractivity contribution in [2.75, 3.05) is 20.3 Å². The van der Waals surface area contributed by atoms with Gasteiger partial charge in [0.05, 0.1) is 13.2 Å². The van der Waals surface area contributed by atoms with Crippen LogP contribution in [-0.2, 0) is 4.74 Å². The lowest BCUT2D eigenvalue weighted by atomic mass is 10.0. The molecule has 0 heterocycles. The van der Waals surface area contributed by atoms with E-state index >= 15 is 0 Å². The third-order valence-electron chi connectivity index (χ3n) is 2.72. The summed E-state index contributed by atoms with van der Waals surface area (Å²) in [4.78, 5) is 0. The molecule has 96 valence electrons. The van der Waals surface area contributed by atoms with Crippen LogP contribution in [0.25, 0.3) is 0 Å². The maximum atomic E-state index is 10.0. The number of rotatable bonds is 7. The molecule has 0 aliphatic rings. The largest absolute Gasteiger partial charge is 0.497 e. The molecule has 17 heavy (non-hydrogen) atoms. The molecule has 0 fully saturated rings. The van der Waals surface area contributed by atoms with E-state index in [-0.39, 0.29) is 0 Å². The maximum Gasteiger partial charge on any atom is 0.119 e. The number of aryl methyl sites for hydroxylation is 1. The SMILES string of the molecule is CCCOCCC(O)c1ccc(OC)cc1C. The summed E-state index contributed by atoms with van der Waals surface area (Å²) >= 11 is 0. The van der Waals surface area contributed by atoms with Crippen LogP contribution in [0.2, 0.25) is 0 Å². The van der Waals surface area contributed by atoms with E-state index in [9.17, 15) is 5.11 Å². The van der Waals surface area contributed by atoms with Gasteiger partial charge < -0.3 is 14.6 Å². The highest BCUT2D eigenvalue weighted by atomic mass is 16.5. The van der Waals surface area contributed by atoms with Crippen LogP contribution in [0, 0.1) is 6.92 Å². The number of aliphatic hydroxyl groups is 1. The first-order valence-electron chi connectivity index (χ1n) is 6.09. The van der Waals surface area contributed by atoms with E-state index in [4.69, 9.17) is 9.47 Å². The highest BCUT2D eigenvalue weighted by Gasteiger charge is 2.10. The molecule has 0 aromatic heterocycles. The minimum absolute atomic E-state index is 0.460. The predicted molar refractivity (Wildman–Crippen MR) is 68.4 cm³/mol. The molecule has 0 saturated heterocycles. The van der Waals surface area contributed by atoms with Crippen molar-refractivity contribution in [3.8, 4) is 5.75 Å². The molecule has 1 atom stereocenters. The molecule has 0 bridgehead atoms. The van der Waals surface area contributed by atoms with Crippen molar-refractivity contribution >= 4 is 0 Å². The quantitative estimate of drug-likeness (QED) is 0.742. The molecule has 0 aliphatic carbocycles. The third kappa shape index (κ3) is 4.36. The number of methoxy groups -OCH3 is 1. The summed E-state index contributed by atoms with van der Waals surface area (Å²) in [5.74, 6) is 0.820. The van der Waals surface area contributed by atoms with E-state index in [1.165, 1.54) is 0 Å². The third-order valence-corrected chi connectivity index (χ3v) is 2.72. The van der Waals surface area contributed by atoms with Crippen LogP contribution in [-0.4, -0.2) is 25.4 Å². The van der Waals surface area contributed by atoms with Crippen LogP contribution in [0.15, 0.2) is 18.2 Å². The minimum Gasteiger partial charge on any atom is -0.497 e. The lowest BCUT2D eigenvalue weighted by Gasteiger charge is -2.14. The fraction of sp³-hybridized carbons (Fsp3) is 0.571. The number of ether oxygens (including phenoxy) is 2. The van der Waals surface area contributed by atoms with E-state index in [1.807, 2.05) is 25.1 Å². The van der Waals surface area contributed by atoms with Gasteiger partial charge in [0.25, 0.3) is 0 Å². The monoisotopic (exact) mass is 238 g/mol. The maximum absolute atomic E-state index is 10.0. The molecule has 1 unspecified atom stereocenters. The van der Waals surface area contributed by atoms with E-state index in [0.717, 1.165) is 29.9 Å². The average Bonchev–Trinajstić information content (AvgIpc) is 2.34. The summed E-state index contributed by atoms with van der Waals surface area (Å²) < 4.78 is 10.5. The van der Waals surface area contributed by atoms with Gasteiger partial charge in [0.2, 0.25) is 0 Å². The Morgan fingerprint density at radius 3 is 2.65 bits per heavy atom. The Morgan fingerprint density at radius 2 is 2.06 bits per heavy atom. The van der Waals surface area contributed by atoms with Crippen molar-refractivity contribution in [3.05, 3.63) is 29.3 Å². The first-order valence-corrected chi connectivity index (χ1v) is 6.09. The van der Waals surface area contributed by atoms with Crippen molar-refractivity contribution < 1.29 is 14.6 Å². The second-order valence-electron chi connectivity index (χ2n) is 4.14. The highest BCUT2D eigenvalue weighted by Crippen LogP contribution is 2.24. The zero-order chi connectivity index (χ0) is 12.7. The minimum atomic E-state index is -0.460. The van der Waals surface area contributed by atoms with E-state index < -0.39 is 6.10 Å². The molecule has 1 rings (SSSR count). The summed E-state index contributed by atoms with van der Waals surface area (Å²) in [7, 11) is 1.64. The van der Waals surface area contributed by atoms with Gasteiger partial charge in [-0.2, -0.15) is 0 Å². The predicted octanol–water partition coefficient (Wildman–Crippen LogP) is 2.85. The van der Waals surface area contributed by atoms with Crippen LogP contribution in [0.1, 0.15) is 37.0 Å². The topological polar surface area (TPSA) is 38.7 Å². The Morgan fingerprint density at radius 1 is 1.29 bits per heavy atom. The molecule has 0 aliphatic heterocycles. The molecule has 3 heteroatoms. The van der Waals surface area contributed by atoms with Crippen LogP contribution in [0.5, 0.6) is 5.75 Å². The molecule has 3 nitrogen and oxygen atoms in total. The van der Waals surface area contributed by atoms with Crippen LogP contribution < -0.4 is 4.74 Å². The number of aliphatic hydroxyl groups excluding tert-OH is 1. The van der Waals surface area contributed by atoms with Gasteiger partial charge in [0, 0.05) is 19.6 Å². The molecule has 0 radical (unpaired) electrons. The van der Waals surface area contributed by atoms with Crippen LogP contribution in [0.4, 0.5) is 0 Å². The van der Waals surface area contributed by atoms with Gasteiger partial charge in [-0.15, -0.1) is 0 Å². The van der Waals surface area contributed by atoms with Gasteiger partial charge in [0.15, 0.2) is 0 Å². The smallest absolute Gasteiger partial charge is 0.119 e. The zero-order valence-corrected chi connectivity index (χ0v) is 10.9. The van der Waals surface area contributed by atoms with Gasteiger partial charge in [-0.25, -0.2) is 0 Å². The van der Waals surface area contributed by atoms with Gasteiger partial charge in [-0.3, -0.25) is 0 Å². The first kappa shape index (κ1) is 14.0. The fourth-order valence-corrected chi connectivity index (χ4v) is 1.75. The summed E-state index contributed by atoms with van der Waals surface area (Å²) in [6.45, 7) is 5.41. The zero-order valence-electron chi connectivity index (χ0n) is 10.9. The highest BCUT2D eigenvalue weighted by molar-refractivity contribution is 5.35. The van der Waals surface area contributed by atoms with Crippen LogP contribution >= 0.6 is 0 Å². The number of hydrogen-bond donors (Lipinski definition) is 1. The Labute approximate surface area is 103 Å². The molecule has 0 spiro atoms. The Hall–Kier alpha value is -1.06. The Balaban J connectivity index is 2.53. The molecule has 1 aromatic rings. The summed E-state index contributed by atoms with van der Waals surface area (Å²) in [5, 5.41) is 10.0. The van der Waals surface area contributed by atoms with Gasteiger partial charge >= 0.3 is 0 Å². The van der Waals surface area contributed by atoms with Crippen LogP contribution in [0.3, 0.4) is 0 Å². The molecule has 0 saturated carbocycles. The van der Waals surface area contributed by atoms with Crippen molar-refractivity contribution in [2.45, 2.75) is 32.8 Å². The van der Waals surface area contributed by atoms with E-state index in [1.54, 1.807) is 7.11 Å². The molecule has 1 aromatic carbocycles. The number of hydrogen-bond acceptors (Lipinski definition) is 3. The Kier molecular flexibility index (Phi) is 6.01. The molecule has 1 N–H and O–H groups in total. The normalized spacial score (nSPS) is 12.5. The Bertz CT molecular complexity index is 336.